The first-order valence-electron chi connectivity index (χ1n) is 9.14. The Morgan fingerprint density at radius 3 is 2.67 bits per heavy atom. The second-order valence-electron chi connectivity index (χ2n) is 7.18. The lowest BCUT2D eigenvalue weighted by atomic mass is 9.94. The summed E-state index contributed by atoms with van der Waals surface area (Å²) >= 11 is 0. The highest BCUT2D eigenvalue weighted by atomic mass is 16.5. The molecule has 0 unspecified atom stereocenters. The summed E-state index contributed by atoms with van der Waals surface area (Å²) in [5.41, 5.74) is 5.96. The van der Waals surface area contributed by atoms with Crippen LogP contribution in [0.15, 0.2) is 24.2 Å². The molecule has 3 rings (SSSR count). The highest BCUT2D eigenvalue weighted by Gasteiger charge is 2.25. The SMILES string of the molecule is C=C(C)N1CCC(C)=C(c2c(C)ncnc2OC2CCCCC2)C1. The van der Waals surface area contributed by atoms with Crippen molar-refractivity contribution < 1.29 is 4.74 Å². The van der Waals surface area contributed by atoms with Gasteiger partial charge >= 0.3 is 0 Å². The summed E-state index contributed by atoms with van der Waals surface area (Å²) in [6.07, 6.45) is 9.11. The molecule has 130 valence electrons. The maximum atomic E-state index is 6.34. The van der Waals surface area contributed by atoms with E-state index in [0.29, 0.717) is 6.10 Å². The van der Waals surface area contributed by atoms with Gasteiger partial charge in [0.25, 0.3) is 0 Å². The largest absolute Gasteiger partial charge is 0.474 e. The summed E-state index contributed by atoms with van der Waals surface area (Å²) in [7, 11) is 0. The first kappa shape index (κ1) is 17.0. The van der Waals surface area contributed by atoms with E-state index in [4.69, 9.17) is 4.74 Å². The summed E-state index contributed by atoms with van der Waals surface area (Å²) in [6, 6.07) is 0. The van der Waals surface area contributed by atoms with Crippen LogP contribution in [0.1, 0.15) is 63.6 Å². The van der Waals surface area contributed by atoms with Gasteiger partial charge in [0.15, 0.2) is 0 Å². The van der Waals surface area contributed by atoms with Crippen molar-refractivity contribution in [3.63, 3.8) is 0 Å². The van der Waals surface area contributed by atoms with E-state index in [1.165, 1.54) is 30.4 Å². The molecular formula is C20H29N3O. The highest BCUT2D eigenvalue weighted by Crippen LogP contribution is 2.35. The third kappa shape index (κ3) is 3.63. The molecule has 1 aromatic heterocycles. The molecule has 4 heteroatoms. The molecule has 1 fully saturated rings. The van der Waals surface area contributed by atoms with E-state index in [1.54, 1.807) is 6.33 Å². The Morgan fingerprint density at radius 1 is 1.21 bits per heavy atom. The molecule has 1 aromatic rings. The number of rotatable bonds is 4. The maximum Gasteiger partial charge on any atom is 0.224 e. The number of aromatic nitrogens is 2. The molecule has 0 spiro atoms. The summed E-state index contributed by atoms with van der Waals surface area (Å²) in [5, 5.41) is 0. The minimum atomic E-state index is 0.300. The summed E-state index contributed by atoms with van der Waals surface area (Å²) in [6.45, 7) is 12.4. The maximum absolute atomic E-state index is 6.34. The Hall–Kier alpha value is -1.84. The predicted octanol–water partition coefficient (Wildman–Crippen LogP) is 4.51. The molecule has 0 saturated heterocycles. The van der Waals surface area contributed by atoms with E-state index in [0.717, 1.165) is 55.2 Å². The zero-order valence-electron chi connectivity index (χ0n) is 15.3. The molecule has 0 amide bonds. The Kier molecular flexibility index (Phi) is 5.22. The molecule has 24 heavy (non-hydrogen) atoms. The van der Waals surface area contributed by atoms with Gasteiger partial charge in [-0.05, 0) is 58.4 Å². The molecule has 0 bridgehead atoms. The van der Waals surface area contributed by atoms with E-state index in [-0.39, 0.29) is 0 Å². The molecule has 0 atom stereocenters. The van der Waals surface area contributed by atoms with Crippen molar-refractivity contribution in [2.45, 2.75) is 65.4 Å². The molecule has 1 aliphatic heterocycles. The molecule has 0 radical (unpaired) electrons. The van der Waals surface area contributed by atoms with Crippen LogP contribution in [0.5, 0.6) is 5.88 Å². The van der Waals surface area contributed by atoms with Crippen molar-refractivity contribution in [3.05, 3.63) is 35.4 Å². The minimum Gasteiger partial charge on any atom is -0.474 e. The molecule has 2 aliphatic rings. The first-order valence-corrected chi connectivity index (χ1v) is 9.14. The summed E-state index contributed by atoms with van der Waals surface area (Å²) in [4.78, 5) is 11.3. The van der Waals surface area contributed by atoms with Gasteiger partial charge in [-0.1, -0.05) is 18.6 Å². The third-order valence-electron chi connectivity index (χ3n) is 5.30. The van der Waals surface area contributed by atoms with Gasteiger partial charge in [0.1, 0.15) is 12.4 Å². The van der Waals surface area contributed by atoms with Crippen molar-refractivity contribution in [1.29, 1.82) is 0 Å². The van der Waals surface area contributed by atoms with Crippen LogP contribution in [0.2, 0.25) is 0 Å². The van der Waals surface area contributed by atoms with Crippen LogP contribution in [0.25, 0.3) is 5.57 Å². The molecular weight excluding hydrogens is 298 g/mol. The van der Waals surface area contributed by atoms with Gasteiger partial charge in [-0.2, -0.15) is 0 Å². The molecule has 4 nitrogen and oxygen atoms in total. The third-order valence-corrected chi connectivity index (χ3v) is 5.30. The second-order valence-corrected chi connectivity index (χ2v) is 7.18. The number of nitrogens with zero attached hydrogens (tertiary/aromatic N) is 3. The van der Waals surface area contributed by atoms with Gasteiger partial charge in [0.05, 0.1) is 11.3 Å². The fourth-order valence-corrected chi connectivity index (χ4v) is 3.71. The van der Waals surface area contributed by atoms with Gasteiger partial charge in [-0.25, -0.2) is 9.97 Å². The Morgan fingerprint density at radius 2 is 1.96 bits per heavy atom. The molecule has 1 aliphatic carbocycles. The van der Waals surface area contributed by atoms with Crippen LogP contribution >= 0.6 is 0 Å². The van der Waals surface area contributed by atoms with Gasteiger partial charge in [-0.3, -0.25) is 0 Å². The van der Waals surface area contributed by atoms with Crippen LogP contribution in [-0.4, -0.2) is 34.1 Å². The van der Waals surface area contributed by atoms with Gasteiger partial charge in [-0.15, -0.1) is 0 Å². The zero-order chi connectivity index (χ0) is 17.1. The molecule has 0 aromatic carbocycles. The van der Waals surface area contributed by atoms with Gasteiger partial charge in [0.2, 0.25) is 5.88 Å². The highest BCUT2D eigenvalue weighted by molar-refractivity contribution is 5.75. The quantitative estimate of drug-likeness (QED) is 0.815. The van der Waals surface area contributed by atoms with Crippen LogP contribution in [0.4, 0.5) is 0 Å². The monoisotopic (exact) mass is 327 g/mol. The number of aryl methyl sites for hydroxylation is 1. The van der Waals surface area contributed by atoms with Crippen molar-refractivity contribution in [2.75, 3.05) is 13.1 Å². The lowest BCUT2D eigenvalue weighted by Crippen LogP contribution is -2.30. The average Bonchev–Trinajstić information content (AvgIpc) is 2.57. The van der Waals surface area contributed by atoms with E-state index in [2.05, 4.69) is 42.2 Å². The zero-order valence-corrected chi connectivity index (χ0v) is 15.3. The molecule has 2 heterocycles. The Labute approximate surface area is 145 Å². The topological polar surface area (TPSA) is 38.2 Å². The first-order chi connectivity index (χ1) is 11.6. The number of allylic oxidation sites excluding steroid dienone is 1. The number of ether oxygens (including phenoxy) is 1. The lowest BCUT2D eigenvalue weighted by molar-refractivity contribution is 0.147. The van der Waals surface area contributed by atoms with Gasteiger partial charge in [0, 0.05) is 18.8 Å². The Balaban J connectivity index is 1.92. The van der Waals surface area contributed by atoms with Crippen molar-refractivity contribution in [2.24, 2.45) is 0 Å². The molecule has 0 N–H and O–H groups in total. The molecule has 1 saturated carbocycles. The van der Waals surface area contributed by atoms with Crippen LogP contribution < -0.4 is 4.74 Å². The van der Waals surface area contributed by atoms with Crippen LogP contribution in [-0.2, 0) is 0 Å². The van der Waals surface area contributed by atoms with Crippen LogP contribution in [0.3, 0.4) is 0 Å². The van der Waals surface area contributed by atoms with Crippen molar-refractivity contribution >= 4 is 5.57 Å². The predicted molar refractivity (Wildman–Crippen MR) is 97.9 cm³/mol. The summed E-state index contributed by atoms with van der Waals surface area (Å²) in [5.74, 6) is 0.771. The number of hydrogen-bond donors (Lipinski definition) is 0. The normalized spacial score (nSPS) is 19.5. The average molecular weight is 327 g/mol. The minimum absolute atomic E-state index is 0.300. The van der Waals surface area contributed by atoms with E-state index in [9.17, 15) is 0 Å². The number of hydrogen-bond acceptors (Lipinski definition) is 4. The van der Waals surface area contributed by atoms with E-state index in [1.807, 2.05) is 0 Å². The fourth-order valence-electron chi connectivity index (χ4n) is 3.71. The van der Waals surface area contributed by atoms with E-state index < -0.39 is 0 Å². The Bertz CT molecular complexity index is 644. The fraction of sp³-hybridized carbons (Fsp3) is 0.600. The lowest BCUT2D eigenvalue weighted by Gasteiger charge is -2.33. The van der Waals surface area contributed by atoms with Gasteiger partial charge < -0.3 is 9.64 Å². The smallest absolute Gasteiger partial charge is 0.224 e. The van der Waals surface area contributed by atoms with Crippen LogP contribution in [0, 0.1) is 6.92 Å². The van der Waals surface area contributed by atoms with Crippen molar-refractivity contribution in [1.82, 2.24) is 14.9 Å². The van der Waals surface area contributed by atoms with Crippen molar-refractivity contribution in [3.8, 4) is 5.88 Å². The summed E-state index contributed by atoms with van der Waals surface area (Å²) < 4.78 is 6.34. The van der Waals surface area contributed by atoms with E-state index >= 15 is 0 Å². The standard InChI is InChI=1S/C20H29N3O/c1-14(2)23-11-10-15(3)18(12-23)19-16(4)21-13-22-20(19)24-17-8-6-5-7-9-17/h13,17H,1,5-12H2,2-4H3. The second kappa shape index (κ2) is 7.37.